The highest BCUT2D eigenvalue weighted by molar-refractivity contribution is 5.96. The predicted molar refractivity (Wildman–Crippen MR) is 93.5 cm³/mol. The molecule has 2 heterocycles. The number of aliphatic carboxylic acids is 1. The van der Waals surface area contributed by atoms with Gasteiger partial charge >= 0.3 is 5.97 Å². The van der Waals surface area contributed by atoms with Crippen molar-refractivity contribution in [3.63, 3.8) is 0 Å². The maximum atomic E-state index is 13.1. The van der Waals surface area contributed by atoms with Gasteiger partial charge in [0.25, 0.3) is 0 Å². The predicted octanol–water partition coefficient (Wildman–Crippen LogP) is 2.78. The third kappa shape index (κ3) is 2.81. The molecule has 1 fully saturated rings. The van der Waals surface area contributed by atoms with E-state index >= 15 is 0 Å². The Bertz CT molecular complexity index is 997. The lowest BCUT2D eigenvalue weighted by atomic mass is 10.1. The van der Waals surface area contributed by atoms with Crippen molar-refractivity contribution in [2.45, 2.75) is 18.9 Å². The van der Waals surface area contributed by atoms with Crippen LogP contribution < -0.4 is 4.90 Å². The molecule has 26 heavy (non-hydrogen) atoms. The molecule has 0 saturated carbocycles. The van der Waals surface area contributed by atoms with E-state index in [4.69, 9.17) is 0 Å². The number of imidazole rings is 1. The molecule has 1 unspecified atom stereocenters. The summed E-state index contributed by atoms with van der Waals surface area (Å²) in [5, 5.41) is 9.26. The number of rotatable bonds is 4. The van der Waals surface area contributed by atoms with Crippen molar-refractivity contribution in [3.05, 3.63) is 60.2 Å². The fourth-order valence-corrected chi connectivity index (χ4v) is 3.46. The van der Waals surface area contributed by atoms with Crippen LogP contribution in [0.15, 0.2) is 48.5 Å². The van der Waals surface area contributed by atoms with E-state index < -0.39 is 5.97 Å². The molecule has 2 aromatic carbocycles. The highest BCUT2D eigenvalue weighted by Crippen LogP contribution is 2.33. The van der Waals surface area contributed by atoms with Crippen LogP contribution >= 0.6 is 0 Å². The maximum absolute atomic E-state index is 13.1. The van der Waals surface area contributed by atoms with Crippen LogP contribution in [-0.4, -0.2) is 33.1 Å². The van der Waals surface area contributed by atoms with Crippen LogP contribution in [0.4, 0.5) is 10.1 Å². The molecule has 0 bridgehead atoms. The van der Waals surface area contributed by atoms with E-state index in [1.165, 1.54) is 12.1 Å². The summed E-state index contributed by atoms with van der Waals surface area (Å²) in [5.41, 5.74) is 2.06. The number of fused-ring (bicyclic) bond motifs is 1. The molecule has 6 nitrogen and oxygen atoms in total. The van der Waals surface area contributed by atoms with Gasteiger partial charge in [-0.2, -0.15) is 0 Å². The van der Waals surface area contributed by atoms with Crippen molar-refractivity contribution in [2.24, 2.45) is 0 Å². The molecule has 3 aromatic rings. The number of carbonyl (C=O) groups is 2. The van der Waals surface area contributed by atoms with Crippen LogP contribution in [0.2, 0.25) is 0 Å². The van der Waals surface area contributed by atoms with E-state index in [2.05, 4.69) is 4.98 Å². The van der Waals surface area contributed by atoms with E-state index in [0.717, 1.165) is 5.52 Å². The summed E-state index contributed by atoms with van der Waals surface area (Å²) in [5.74, 6) is -1.05. The first-order valence-electron chi connectivity index (χ1n) is 8.26. The summed E-state index contributed by atoms with van der Waals surface area (Å²) in [6, 6.07) is 13.1. The molecule has 1 aromatic heterocycles. The number of carboxylic acid groups (broad SMARTS) is 1. The zero-order chi connectivity index (χ0) is 18.3. The van der Waals surface area contributed by atoms with Gasteiger partial charge in [0.05, 0.1) is 11.0 Å². The summed E-state index contributed by atoms with van der Waals surface area (Å²) < 4.78 is 14.8. The molecule has 1 aliphatic rings. The lowest BCUT2D eigenvalue weighted by Gasteiger charge is -2.17. The minimum Gasteiger partial charge on any atom is -0.480 e. The van der Waals surface area contributed by atoms with E-state index in [1.807, 2.05) is 24.3 Å². The van der Waals surface area contributed by atoms with Gasteiger partial charge in [0.2, 0.25) is 5.91 Å². The van der Waals surface area contributed by atoms with Crippen molar-refractivity contribution < 1.29 is 19.1 Å². The largest absolute Gasteiger partial charge is 0.480 e. The number of halogens is 1. The van der Waals surface area contributed by atoms with Gasteiger partial charge in [0.1, 0.15) is 18.2 Å². The molecule has 0 spiro atoms. The summed E-state index contributed by atoms with van der Waals surface area (Å²) >= 11 is 0. The highest BCUT2D eigenvalue weighted by atomic mass is 19.1. The Kier molecular flexibility index (Phi) is 3.91. The third-order valence-corrected chi connectivity index (χ3v) is 4.61. The number of aromatic nitrogens is 2. The molecule has 1 amide bonds. The van der Waals surface area contributed by atoms with Crippen molar-refractivity contribution in [1.82, 2.24) is 9.55 Å². The SMILES string of the molecule is O=C(O)Cn1c(C2CC(=O)N(c3ccc(F)cc3)C2)nc2ccccc21. The Morgan fingerprint density at radius 1 is 1.19 bits per heavy atom. The van der Waals surface area contributed by atoms with Crippen molar-refractivity contribution in [1.29, 1.82) is 0 Å². The summed E-state index contributed by atoms with van der Waals surface area (Å²) in [6.07, 6.45) is 0.236. The molecule has 1 N–H and O–H groups in total. The summed E-state index contributed by atoms with van der Waals surface area (Å²) in [4.78, 5) is 29.9. The number of hydrogen-bond acceptors (Lipinski definition) is 3. The molecule has 1 atom stereocenters. The Morgan fingerprint density at radius 2 is 1.92 bits per heavy atom. The maximum Gasteiger partial charge on any atom is 0.323 e. The van der Waals surface area contributed by atoms with Crippen molar-refractivity contribution in [2.75, 3.05) is 11.4 Å². The first-order valence-corrected chi connectivity index (χ1v) is 8.26. The normalized spacial score (nSPS) is 17.2. The number of carboxylic acids is 1. The topological polar surface area (TPSA) is 75.4 Å². The van der Waals surface area contributed by atoms with Gasteiger partial charge in [-0.25, -0.2) is 9.37 Å². The molecule has 7 heteroatoms. The molecule has 1 saturated heterocycles. The van der Waals surface area contributed by atoms with E-state index in [9.17, 15) is 19.1 Å². The third-order valence-electron chi connectivity index (χ3n) is 4.61. The lowest BCUT2D eigenvalue weighted by Crippen LogP contribution is -2.24. The second-order valence-electron chi connectivity index (χ2n) is 6.32. The molecule has 0 radical (unpaired) electrons. The van der Waals surface area contributed by atoms with Gasteiger partial charge in [-0.15, -0.1) is 0 Å². The van der Waals surface area contributed by atoms with Gasteiger partial charge in [-0.3, -0.25) is 9.59 Å². The molecular formula is C19H16FN3O3. The van der Waals surface area contributed by atoms with E-state index in [1.54, 1.807) is 21.6 Å². The van der Waals surface area contributed by atoms with Crippen molar-refractivity contribution >= 4 is 28.6 Å². The Balaban J connectivity index is 1.71. The molecule has 4 rings (SSSR count). The second-order valence-corrected chi connectivity index (χ2v) is 6.32. The monoisotopic (exact) mass is 353 g/mol. The minimum atomic E-state index is -0.964. The summed E-state index contributed by atoms with van der Waals surface area (Å²) in [6.45, 7) is 0.171. The van der Waals surface area contributed by atoms with Gasteiger partial charge < -0.3 is 14.6 Å². The van der Waals surface area contributed by atoms with E-state index in [0.29, 0.717) is 23.6 Å². The number of carbonyl (C=O) groups excluding carboxylic acids is 1. The van der Waals surface area contributed by atoms with Crippen molar-refractivity contribution in [3.8, 4) is 0 Å². The number of anilines is 1. The molecular weight excluding hydrogens is 337 g/mol. The van der Waals surface area contributed by atoms with Crippen LogP contribution in [-0.2, 0) is 16.1 Å². The molecule has 0 aliphatic carbocycles. The fraction of sp³-hybridized carbons (Fsp3) is 0.211. The van der Waals surface area contributed by atoms with Crippen LogP contribution in [0.25, 0.3) is 11.0 Å². The van der Waals surface area contributed by atoms with Crippen LogP contribution in [0.5, 0.6) is 0 Å². The molecule has 1 aliphatic heterocycles. The first kappa shape index (κ1) is 16.3. The van der Waals surface area contributed by atoms with Gasteiger partial charge in [0, 0.05) is 24.6 Å². The number of hydrogen-bond donors (Lipinski definition) is 1. The van der Waals surface area contributed by atoms with Gasteiger partial charge in [-0.1, -0.05) is 12.1 Å². The Labute approximate surface area is 148 Å². The number of amides is 1. The zero-order valence-corrected chi connectivity index (χ0v) is 13.8. The quantitative estimate of drug-likeness (QED) is 0.783. The Hall–Kier alpha value is -3.22. The minimum absolute atomic E-state index is 0.0875. The zero-order valence-electron chi connectivity index (χ0n) is 13.8. The van der Waals surface area contributed by atoms with Crippen LogP contribution in [0, 0.1) is 5.82 Å². The van der Waals surface area contributed by atoms with Gasteiger partial charge in [-0.05, 0) is 36.4 Å². The second kappa shape index (κ2) is 6.25. The first-order chi connectivity index (χ1) is 12.5. The average Bonchev–Trinajstić information content (AvgIpc) is 3.16. The number of nitrogens with zero attached hydrogens (tertiary/aromatic N) is 3. The standard InChI is InChI=1S/C19H16FN3O3/c20-13-5-7-14(8-6-13)22-10-12(9-17(22)24)19-21-15-3-1-2-4-16(15)23(19)11-18(25)26/h1-8,12H,9-11H2,(H,25,26). The number of benzene rings is 2. The highest BCUT2D eigenvalue weighted by Gasteiger charge is 2.35. The van der Waals surface area contributed by atoms with E-state index in [-0.39, 0.29) is 30.6 Å². The number of para-hydroxylation sites is 2. The van der Waals surface area contributed by atoms with Gasteiger partial charge in [0.15, 0.2) is 0 Å². The smallest absolute Gasteiger partial charge is 0.323 e. The fourth-order valence-electron chi connectivity index (χ4n) is 3.46. The lowest BCUT2D eigenvalue weighted by molar-refractivity contribution is -0.137. The van der Waals surface area contributed by atoms with Crippen LogP contribution in [0.3, 0.4) is 0 Å². The average molecular weight is 353 g/mol. The van der Waals surface area contributed by atoms with Crippen LogP contribution in [0.1, 0.15) is 18.2 Å². The summed E-state index contributed by atoms with van der Waals surface area (Å²) in [7, 11) is 0. The molecule has 132 valence electrons. The Morgan fingerprint density at radius 3 is 2.65 bits per heavy atom.